The van der Waals surface area contributed by atoms with Gasteiger partial charge in [0.1, 0.15) is 5.01 Å². The summed E-state index contributed by atoms with van der Waals surface area (Å²) in [6.07, 6.45) is 0. The second-order valence-corrected chi connectivity index (χ2v) is 7.70. The second kappa shape index (κ2) is 6.86. The first-order valence-electron chi connectivity index (χ1n) is 8.06. The van der Waals surface area contributed by atoms with E-state index in [0.29, 0.717) is 5.56 Å². The summed E-state index contributed by atoms with van der Waals surface area (Å²) in [6, 6.07) is 17.4. The van der Waals surface area contributed by atoms with Gasteiger partial charge >= 0.3 is 5.97 Å². The van der Waals surface area contributed by atoms with Crippen LogP contribution in [0.5, 0.6) is 0 Å². The Bertz CT molecular complexity index is 1080. The zero-order valence-electron chi connectivity index (χ0n) is 14.0. The Morgan fingerprint density at radius 3 is 2.58 bits per heavy atom. The summed E-state index contributed by atoms with van der Waals surface area (Å²) in [6.45, 7) is 1.99. The van der Waals surface area contributed by atoms with Gasteiger partial charge in [0.05, 0.1) is 16.1 Å². The van der Waals surface area contributed by atoms with Crippen molar-refractivity contribution in [2.45, 2.75) is 6.92 Å². The lowest BCUT2D eigenvalue weighted by Crippen LogP contribution is -2.01. The molecule has 1 N–H and O–H groups in total. The van der Waals surface area contributed by atoms with Gasteiger partial charge < -0.3 is 5.11 Å². The van der Waals surface area contributed by atoms with E-state index in [1.807, 2.05) is 66.2 Å². The zero-order valence-corrected chi connectivity index (χ0v) is 15.6. The maximum Gasteiger partial charge on any atom is 0.336 e. The van der Waals surface area contributed by atoms with E-state index in [1.54, 1.807) is 17.4 Å². The number of aromatic carboxylic acids is 1. The summed E-state index contributed by atoms with van der Waals surface area (Å²) >= 11 is 3.17. The molecule has 0 unspecified atom stereocenters. The number of carboxylic acids is 1. The molecule has 0 amide bonds. The highest BCUT2D eigenvalue weighted by molar-refractivity contribution is 7.15. The first-order valence-corrected chi connectivity index (χ1v) is 9.82. The largest absolute Gasteiger partial charge is 0.478 e. The van der Waals surface area contributed by atoms with Gasteiger partial charge in [-0.3, -0.25) is 0 Å². The fourth-order valence-corrected chi connectivity index (χ4v) is 4.49. The first kappa shape index (κ1) is 16.7. The van der Waals surface area contributed by atoms with Gasteiger partial charge in [-0.2, -0.15) is 0 Å². The van der Waals surface area contributed by atoms with Crippen LogP contribution in [0.25, 0.3) is 32.3 Å². The standard InChI is InChI=1S/C21H15NO2S2/c1-13-5-2-3-6-15(13)16-9-8-14(11-17(16)21(23)24)20-22-18(12-26-20)19-7-4-10-25-19/h2-12H,1H3,(H,23,24). The van der Waals surface area contributed by atoms with Crippen LogP contribution < -0.4 is 0 Å². The van der Waals surface area contributed by atoms with Gasteiger partial charge in [0.25, 0.3) is 0 Å². The Labute approximate surface area is 159 Å². The van der Waals surface area contributed by atoms with Crippen molar-refractivity contribution in [3.63, 3.8) is 0 Å². The molecule has 0 saturated heterocycles. The molecule has 2 aromatic heterocycles. The average molecular weight is 377 g/mol. The molecule has 2 heterocycles. The quantitative estimate of drug-likeness (QED) is 0.460. The Hall–Kier alpha value is -2.76. The third-order valence-corrected chi connectivity index (χ3v) is 5.99. The zero-order chi connectivity index (χ0) is 18.1. The lowest BCUT2D eigenvalue weighted by Gasteiger charge is -2.10. The van der Waals surface area contributed by atoms with E-state index in [9.17, 15) is 9.90 Å². The number of hydrogen-bond acceptors (Lipinski definition) is 4. The molecule has 0 saturated carbocycles. The van der Waals surface area contributed by atoms with Crippen molar-refractivity contribution < 1.29 is 9.90 Å². The number of nitrogens with zero attached hydrogens (tertiary/aromatic N) is 1. The molecular formula is C21H15NO2S2. The van der Waals surface area contributed by atoms with Crippen LogP contribution in [-0.4, -0.2) is 16.1 Å². The van der Waals surface area contributed by atoms with Crippen molar-refractivity contribution in [1.82, 2.24) is 4.98 Å². The third kappa shape index (κ3) is 3.07. The number of aryl methyl sites for hydroxylation is 1. The average Bonchev–Trinajstić information content (AvgIpc) is 3.33. The van der Waals surface area contributed by atoms with Crippen molar-refractivity contribution in [2.24, 2.45) is 0 Å². The maximum atomic E-state index is 11.9. The Morgan fingerprint density at radius 1 is 1.00 bits per heavy atom. The highest BCUT2D eigenvalue weighted by Gasteiger charge is 2.16. The summed E-state index contributed by atoms with van der Waals surface area (Å²) in [5.74, 6) is -0.930. The number of benzene rings is 2. The van der Waals surface area contributed by atoms with E-state index in [4.69, 9.17) is 0 Å². The van der Waals surface area contributed by atoms with Gasteiger partial charge in [0, 0.05) is 10.9 Å². The Kier molecular flexibility index (Phi) is 4.41. The lowest BCUT2D eigenvalue weighted by atomic mass is 9.94. The van der Waals surface area contributed by atoms with Crippen LogP contribution in [0.1, 0.15) is 15.9 Å². The molecule has 4 aromatic rings. The predicted molar refractivity (Wildman–Crippen MR) is 108 cm³/mol. The van der Waals surface area contributed by atoms with Gasteiger partial charge in [0.2, 0.25) is 0 Å². The minimum atomic E-state index is -0.930. The number of carbonyl (C=O) groups is 1. The van der Waals surface area contributed by atoms with Crippen LogP contribution in [0.2, 0.25) is 0 Å². The Morgan fingerprint density at radius 2 is 1.85 bits per heavy atom. The van der Waals surface area contributed by atoms with Crippen molar-refractivity contribution in [1.29, 1.82) is 0 Å². The fourth-order valence-electron chi connectivity index (χ4n) is 2.91. The number of thiophene rings is 1. The summed E-state index contributed by atoms with van der Waals surface area (Å²) in [4.78, 5) is 17.7. The predicted octanol–water partition coefficient (Wildman–Crippen LogP) is 6.21. The molecule has 0 bridgehead atoms. The number of aromatic nitrogens is 1. The molecule has 0 radical (unpaired) electrons. The van der Waals surface area contributed by atoms with E-state index in [0.717, 1.165) is 37.8 Å². The smallest absolute Gasteiger partial charge is 0.336 e. The number of rotatable bonds is 4. The van der Waals surface area contributed by atoms with Gasteiger partial charge in [-0.1, -0.05) is 42.5 Å². The molecule has 0 aliphatic rings. The second-order valence-electron chi connectivity index (χ2n) is 5.90. The minimum absolute atomic E-state index is 0.296. The van der Waals surface area contributed by atoms with Crippen molar-refractivity contribution in [3.05, 3.63) is 76.5 Å². The molecule has 0 fully saturated rings. The van der Waals surface area contributed by atoms with Crippen LogP contribution in [0, 0.1) is 6.92 Å². The molecule has 0 atom stereocenters. The number of hydrogen-bond donors (Lipinski definition) is 1. The van der Waals surface area contributed by atoms with Crippen LogP contribution >= 0.6 is 22.7 Å². The van der Waals surface area contributed by atoms with Crippen molar-refractivity contribution in [2.75, 3.05) is 0 Å². The fraction of sp³-hybridized carbons (Fsp3) is 0.0476. The third-order valence-electron chi connectivity index (χ3n) is 4.21. The van der Waals surface area contributed by atoms with Gasteiger partial charge in [-0.25, -0.2) is 9.78 Å². The van der Waals surface area contributed by atoms with Crippen LogP contribution in [0.3, 0.4) is 0 Å². The van der Waals surface area contributed by atoms with Crippen molar-refractivity contribution in [3.8, 4) is 32.3 Å². The molecule has 4 rings (SSSR count). The van der Waals surface area contributed by atoms with Gasteiger partial charge in [-0.15, -0.1) is 22.7 Å². The van der Waals surface area contributed by atoms with E-state index >= 15 is 0 Å². The monoisotopic (exact) mass is 377 g/mol. The summed E-state index contributed by atoms with van der Waals surface area (Å²) in [7, 11) is 0. The number of thiazole rings is 1. The van der Waals surface area contributed by atoms with Gasteiger partial charge in [-0.05, 0) is 41.1 Å². The molecule has 0 spiro atoms. The van der Waals surface area contributed by atoms with Crippen LogP contribution in [-0.2, 0) is 0 Å². The molecule has 128 valence electrons. The van der Waals surface area contributed by atoms with E-state index in [1.165, 1.54) is 11.3 Å². The molecule has 2 aromatic carbocycles. The molecular weight excluding hydrogens is 362 g/mol. The van der Waals surface area contributed by atoms with Crippen LogP contribution in [0.15, 0.2) is 65.4 Å². The topological polar surface area (TPSA) is 50.2 Å². The molecule has 5 heteroatoms. The van der Waals surface area contributed by atoms with Crippen LogP contribution in [0.4, 0.5) is 0 Å². The highest BCUT2D eigenvalue weighted by atomic mass is 32.1. The highest BCUT2D eigenvalue weighted by Crippen LogP contribution is 2.34. The van der Waals surface area contributed by atoms with Gasteiger partial charge in [0.15, 0.2) is 0 Å². The molecule has 0 aliphatic heterocycles. The SMILES string of the molecule is Cc1ccccc1-c1ccc(-c2nc(-c3cccs3)cs2)cc1C(=O)O. The van der Waals surface area contributed by atoms with E-state index < -0.39 is 5.97 Å². The Balaban J connectivity index is 1.79. The lowest BCUT2D eigenvalue weighted by molar-refractivity contribution is 0.0698. The molecule has 3 nitrogen and oxygen atoms in total. The summed E-state index contributed by atoms with van der Waals surface area (Å²) < 4.78 is 0. The minimum Gasteiger partial charge on any atom is -0.478 e. The molecule has 26 heavy (non-hydrogen) atoms. The van der Waals surface area contributed by atoms with E-state index in [2.05, 4.69) is 4.98 Å². The summed E-state index contributed by atoms with van der Waals surface area (Å²) in [5.41, 5.74) is 4.78. The normalized spacial score (nSPS) is 10.8. The van der Waals surface area contributed by atoms with Crippen molar-refractivity contribution >= 4 is 28.6 Å². The molecule has 0 aliphatic carbocycles. The maximum absolute atomic E-state index is 11.9. The number of carboxylic acid groups (broad SMARTS) is 1. The van der Waals surface area contributed by atoms with E-state index in [-0.39, 0.29) is 0 Å². The summed E-state index contributed by atoms with van der Waals surface area (Å²) in [5, 5.41) is 14.6. The first-order chi connectivity index (χ1) is 12.6.